The summed E-state index contributed by atoms with van der Waals surface area (Å²) in [5.41, 5.74) is 10.9. The van der Waals surface area contributed by atoms with E-state index in [4.69, 9.17) is 8.83 Å². The summed E-state index contributed by atoms with van der Waals surface area (Å²) in [5, 5.41) is 14.2. The van der Waals surface area contributed by atoms with Gasteiger partial charge in [0.05, 0.1) is 0 Å². The van der Waals surface area contributed by atoms with Crippen LogP contribution >= 0.6 is 0 Å². The van der Waals surface area contributed by atoms with Gasteiger partial charge in [0.15, 0.2) is 0 Å². The highest BCUT2D eigenvalue weighted by Gasteiger charge is 2.19. The molecule has 0 aliphatic carbocycles. The molecule has 54 heavy (non-hydrogen) atoms. The molecule has 0 fully saturated rings. The van der Waals surface area contributed by atoms with Crippen molar-refractivity contribution >= 4 is 87.0 Å². The standard InChI is InChI=1S/C52H30O2/c1-2-12-36-32(10-1)11-9-18-38(36)51-41-16-5-3-14-39(41)50(40-15-4-6-17-42(40)51)33-22-20-31(21-23-33)34-25-27-48-45(28-34)46-29-35-24-26-43-37-13-7-8-19-47(37)54-52(43)44(35)30-49(46)53-48/h1-30H. The number of fused-ring (bicyclic) bond motifs is 11. The summed E-state index contributed by atoms with van der Waals surface area (Å²) in [7, 11) is 0. The lowest BCUT2D eigenvalue weighted by Crippen LogP contribution is -1.91. The normalized spacial score (nSPS) is 12.1. The van der Waals surface area contributed by atoms with Crippen LogP contribution in [-0.2, 0) is 0 Å². The first kappa shape index (κ1) is 29.4. The van der Waals surface area contributed by atoms with E-state index in [2.05, 4.69) is 170 Å². The van der Waals surface area contributed by atoms with E-state index in [9.17, 15) is 0 Å². The van der Waals surface area contributed by atoms with Crippen LogP contribution in [0.3, 0.4) is 0 Å². The predicted molar refractivity (Wildman–Crippen MR) is 227 cm³/mol. The third kappa shape index (κ3) is 4.22. The monoisotopic (exact) mass is 686 g/mol. The average molecular weight is 687 g/mol. The van der Waals surface area contributed by atoms with Gasteiger partial charge >= 0.3 is 0 Å². The van der Waals surface area contributed by atoms with Gasteiger partial charge < -0.3 is 8.83 Å². The molecule has 0 bridgehead atoms. The number of benzene rings is 10. The molecule has 12 aromatic rings. The quantitative estimate of drug-likeness (QED) is 0.173. The van der Waals surface area contributed by atoms with Crippen LogP contribution in [0.4, 0.5) is 0 Å². The Morgan fingerprint density at radius 3 is 1.63 bits per heavy atom. The summed E-state index contributed by atoms with van der Waals surface area (Å²) >= 11 is 0. The lowest BCUT2D eigenvalue weighted by atomic mass is 9.84. The summed E-state index contributed by atoms with van der Waals surface area (Å²) in [5.74, 6) is 0. The van der Waals surface area contributed by atoms with Crippen LogP contribution in [0.15, 0.2) is 191 Å². The van der Waals surface area contributed by atoms with Gasteiger partial charge in [-0.15, -0.1) is 0 Å². The van der Waals surface area contributed by atoms with Crippen molar-refractivity contribution < 1.29 is 8.83 Å². The Bertz CT molecular complexity index is 3430. The molecule has 0 aliphatic heterocycles. The summed E-state index contributed by atoms with van der Waals surface area (Å²) in [6.07, 6.45) is 0. The van der Waals surface area contributed by atoms with Gasteiger partial charge in [-0.1, -0.05) is 146 Å². The van der Waals surface area contributed by atoms with Gasteiger partial charge in [0, 0.05) is 26.9 Å². The lowest BCUT2D eigenvalue weighted by Gasteiger charge is -2.19. The molecule has 250 valence electrons. The van der Waals surface area contributed by atoms with Crippen LogP contribution < -0.4 is 0 Å². The highest BCUT2D eigenvalue weighted by Crippen LogP contribution is 2.46. The van der Waals surface area contributed by atoms with Crippen molar-refractivity contribution in [3.05, 3.63) is 182 Å². The molecule has 10 aromatic carbocycles. The fourth-order valence-corrected chi connectivity index (χ4v) is 8.96. The second-order valence-electron chi connectivity index (χ2n) is 14.4. The van der Waals surface area contributed by atoms with Crippen molar-refractivity contribution in [3.63, 3.8) is 0 Å². The van der Waals surface area contributed by atoms with E-state index in [1.54, 1.807) is 0 Å². The molecule has 12 rings (SSSR count). The van der Waals surface area contributed by atoms with E-state index in [1.165, 1.54) is 60.1 Å². The van der Waals surface area contributed by atoms with Gasteiger partial charge in [-0.3, -0.25) is 0 Å². The van der Waals surface area contributed by atoms with Crippen LogP contribution in [0, 0.1) is 0 Å². The van der Waals surface area contributed by atoms with Crippen LogP contribution in [0.2, 0.25) is 0 Å². The Balaban J connectivity index is 0.992. The van der Waals surface area contributed by atoms with Gasteiger partial charge in [0.1, 0.15) is 22.3 Å². The zero-order valence-electron chi connectivity index (χ0n) is 29.1. The minimum atomic E-state index is 0.864. The molecule has 0 saturated heterocycles. The Kier molecular flexibility index (Phi) is 6.09. The third-order valence-corrected chi connectivity index (χ3v) is 11.4. The maximum atomic E-state index is 6.46. The Labute approximate surface area is 310 Å². The summed E-state index contributed by atoms with van der Waals surface area (Å²) < 4.78 is 12.8. The molecule has 0 aliphatic rings. The lowest BCUT2D eigenvalue weighted by molar-refractivity contribution is 0.667. The molecule has 2 nitrogen and oxygen atoms in total. The number of furan rings is 2. The molecule has 2 aromatic heterocycles. The van der Waals surface area contributed by atoms with Gasteiger partial charge in [-0.25, -0.2) is 0 Å². The third-order valence-electron chi connectivity index (χ3n) is 11.4. The van der Waals surface area contributed by atoms with E-state index >= 15 is 0 Å². The summed E-state index contributed by atoms with van der Waals surface area (Å²) in [6, 6.07) is 65.7. The Morgan fingerprint density at radius 2 is 0.852 bits per heavy atom. The molecule has 0 atom stereocenters. The van der Waals surface area contributed by atoms with E-state index in [1.807, 2.05) is 12.1 Å². The van der Waals surface area contributed by atoms with Crippen molar-refractivity contribution in [1.82, 2.24) is 0 Å². The van der Waals surface area contributed by atoms with E-state index in [0.29, 0.717) is 0 Å². The first-order valence-corrected chi connectivity index (χ1v) is 18.5. The SMILES string of the molecule is c1ccc2c(-c3c4ccccc4c(-c4ccc(-c5ccc6oc7cc8c(ccc9c%10ccccc%10oc89)cc7c6c5)cc4)c4ccccc34)cccc2c1. The van der Waals surface area contributed by atoms with E-state index in [0.717, 1.165) is 60.2 Å². The maximum Gasteiger partial charge on any atom is 0.143 e. The molecule has 0 N–H and O–H groups in total. The highest BCUT2D eigenvalue weighted by atomic mass is 16.3. The highest BCUT2D eigenvalue weighted by molar-refractivity contribution is 6.24. The van der Waals surface area contributed by atoms with Crippen LogP contribution in [0.5, 0.6) is 0 Å². The number of rotatable bonds is 3. The van der Waals surface area contributed by atoms with Crippen molar-refractivity contribution in [1.29, 1.82) is 0 Å². The van der Waals surface area contributed by atoms with Gasteiger partial charge in [0.25, 0.3) is 0 Å². The first-order chi connectivity index (χ1) is 26.8. The molecule has 0 unspecified atom stereocenters. The fourth-order valence-electron chi connectivity index (χ4n) is 8.96. The van der Waals surface area contributed by atoms with Gasteiger partial charge in [-0.05, 0) is 107 Å². The second kappa shape index (κ2) is 11.2. The maximum absolute atomic E-state index is 6.46. The Hall–Kier alpha value is -7.16. The first-order valence-electron chi connectivity index (χ1n) is 18.5. The fraction of sp³-hybridized carbons (Fsp3) is 0. The number of hydrogen-bond acceptors (Lipinski definition) is 2. The van der Waals surface area contributed by atoms with Crippen molar-refractivity contribution in [2.24, 2.45) is 0 Å². The molecule has 0 amide bonds. The van der Waals surface area contributed by atoms with Crippen molar-refractivity contribution in [2.75, 3.05) is 0 Å². The van der Waals surface area contributed by atoms with Crippen LogP contribution in [0.25, 0.3) is 120 Å². The smallest absolute Gasteiger partial charge is 0.143 e. The molecular weight excluding hydrogens is 657 g/mol. The van der Waals surface area contributed by atoms with Crippen molar-refractivity contribution in [3.8, 4) is 33.4 Å². The molecule has 2 heterocycles. The zero-order valence-corrected chi connectivity index (χ0v) is 29.1. The van der Waals surface area contributed by atoms with Crippen LogP contribution in [0.1, 0.15) is 0 Å². The topological polar surface area (TPSA) is 26.3 Å². The molecular formula is C52H30O2. The molecule has 2 heteroatoms. The number of para-hydroxylation sites is 1. The van der Waals surface area contributed by atoms with E-state index in [-0.39, 0.29) is 0 Å². The largest absolute Gasteiger partial charge is 0.456 e. The molecule has 0 spiro atoms. The molecule has 0 radical (unpaired) electrons. The summed E-state index contributed by atoms with van der Waals surface area (Å²) in [6.45, 7) is 0. The number of hydrogen-bond donors (Lipinski definition) is 0. The predicted octanol–water partition coefficient (Wildman–Crippen LogP) is 15.1. The minimum Gasteiger partial charge on any atom is -0.456 e. The second-order valence-corrected chi connectivity index (χ2v) is 14.4. The average Bonchev–Trinajstić information content (AvgIpc) is 3.80. The van der Waals surface area contributed by atoms with Gasteiger partial charge in [-0.2, -0.15) is 0 Å². The Morgan fingerprint density at radius 1 is 0.259 bits per heavy atom. The summed E-state index contributed by atoms with van der Waals surface area (Å²) in [4.78, 5) is 0. The molecule has 0 saturated carbocycles. The van der Waals surface area contributed by atoms with Gasteiger partial charge in [0.2, 0.25) is 0 Å². The van der Waals surface area contributed by atoms with Crippen molar-refractivity contribution in [2.45, 2.75) is 0 Å². The zero-order chi connectivity index (χ0) is 35.3. The van der Waals surface area contributed by atoms with E-state index < -0.39 is 0 Å². The minimum absolute atomic E-state index is 0.864. The van der Waals surface area contributed by atoms with Crippen LogP contribution in [-0.4, -0.2) is 0 Å².